The average Bonchev–Trinajstić information content (AvgIpc) is 2.19. The van der Waals surface area contributed by atoms with E-state index in [0.29, 0.717) is 6.61 Å². The standard InChI is InChI=1S/C12H15ClO/c1-9(7-13)8-14-12-5-4-10(2)11(3)6-12/h4-7H,8H2,1-3H3/b9-7-. The van der Waals surface area contributed by atoms with Gasteiger partial charge in [0.15, 0.2) is 0 Å². The topological polar surface area (TPSA) is 9.23 Å². The number of aryl methyl sites for hydroxylation is 2. The van der Waals surface area contributed by atoms with Gasteiger partial charge in [-0.25, -0.2) is 0 Å². The minimum atomic E-state index is 0.548. The Morgan fingerprint density at radius 3 is 2.64 bits per heavy atom. The van der Waals surface area contributed by atoms with Crippen LogP contribution in [0.2, 0.25) is 0 Å². The molecule has 1 rings (SSSR count). The van der Waals surface area contributed by atoms with E-state index in [2.05, 4.69) is 19.9 Å². The maximum Gasteiger partial charge on any atom is 0.120 e. The van der Waals surface area contributed by atoms with Crippen molar-refractivity contribution in [3.63, 3.8) is 0 Å². The summed E-state index contributed by atoms with van der Waals surface area (Å²) in [5, 5.41) is 0. The predicted octanol–water partition coefficient (Wildman–Crippen LogP) is 3.82. The van der Waals surface area contributed by atoms with Gasteiger partial charge in [0, 0.05) is 5.54 Å². The summed E-state index contributed by atoms with van der Waals surface area (Å²) in [4.78, 5) is 0. The summed E-state index contributed by atoms with van der Waals surface area (Å²) in [6.45, 7) is 6.65. The predicted molar refractivity (Wildman–Crippen MR) is 61.0 cm³/mol. The van der Waals surface area contributed by atoms with Gasteiger partial charge in [-0.05, 0) is 49.6 Å². The number of ether oxygens (including phenoxy) is 1. The Kier molecular flexibility index (Phi) is 4.02. The van der Waals surface area contributed by atoms with Crippen molar-refractivity contribution >= 4 is 11.6 Å². The molecule has 0 unspecified atom stereocenters. The smallest absolute Gasteiger partial charge is 0.120 e. The van der Waals surface area contributed by atoms with E-state index in [1.165, 1.54) is 11.1 Å². The van der Waals surface area contributed by atoms with E-state index in [0.717, 1.165) is 11.3 Å². The van der Waals surface area contributed by atoms with Crippen molar-refractivity contribution in [3.8, 4) is 5.75 Å². The van der Waals surface area contributed by atoms with E-state index >= 15 is 0 Å². The molecular weight excluding hydrogens is 196 g/mol. The molecule has 1 aromatic rings. The van der Waals surface area contributed by atoms with Crippen LogP contribution < -0.4 is 4.74 Å². The van der Waals surface area contributed by atoms with E-state index in [4.69, 9.17) is 16.3 Å². The molecule has 1 aromatic carbocycles. The third-order valence-corrected chi connectivity index (χ3v) is 2.50. The third-order valence-electron chi connectivity index (χ3n) is 2.13. The fourth-order valence-corrected chi connectivity index (χ4v) is 1.10. The minimum absolute atomic E-state index is 0.548. The summed E-state index contributed by atoms with van der Waals surface area (Å²) in [6, 6.07) is 6.07. The molecule has 0 heterocycles. The highest BCUT2D eigenvalue weighted by atomic mass is 35.5. The summed E-state index contributed by atoms with van der Waals surface area (Å²) in [5.74, 6) is 0.894. The Bertz CT molecular complexity index is 342. The molecule has 76 valence electrons. The summed E-state index contributed by atoms with van der Waals surface area (Å²) in [5.41, 5.74) is 5.09. The van der Waals surface area contributed by atoms with Crippen molar-refractivity contribution in [1.82, 2.24) is 0 Å². The zero-order valence-electron chi connectivity index (χ0n) is 8.80. The van der Waals surface area contributed by atoms with Crippen LogP contribution in [-0.4, -0.2) is 6.61 Å². The Labute approximate surface area is 90.3 Å². The second kappa shape index (κ2) is 5.06. The summed E-state index contributed by atoms with van der Waals surface area (Å²) in [7, 11) is 0. The zero-order valence-corrected chi connectivity index (χ0v) is 9.56. The highest BCUT2D eigenvalue weighted by molar-refractivity contribution is 6.25. The van der Waals surface area contributed by atoms with Crippen LogP contribution in [0.25, 0.3) is 0 Å². The number of rotatable bonds is 3. The summed E-state index contributed by atoms with van der Waals surface area (Å²) < 4.78 is 5.54. The molecule has 14 heavy (non-hydrogen) atoms. The van der Waals surface area contributed by atoms with Crippen molar-refractivity contribution in [1.29, 1.82) is 0 Å². The first-order valence-electron chi connectivity index (χ1n) is 4.59. The Balaban J connectivity index is 2.64. The third kappa shape index (κ3) is 3.08. The van der Waals surface area contributed by atoms with Gasteiger partial charge in [0.2, 0.25) is 0 Å². The van der Waals surface area contributed by atoms with Crippen LogP contribution in [0.5, 0.6) is 5.75 Å². The van der Waals surface area contributed by atoms with Gasteiger partial charge in [0.05, 0.1) is 0 Å². The summed E-state index contributed by atoms with van der Waals surface area (Å²) >= 11 is 5.53. The molecule has 0 aliphatic carbocycles. The van der Waals surface area contributed by atoms with E-state index in [-0.39, 0.29) is 0 Å². The van der Waals surface area contributed by atoms with E-state index < -0.39 is 0 Å². The monoisotopic (exact) mass is 210 g/mol. The van der Waals surface area contributed by atoms with Crippen LogP contribution in [0.4, 0.5) is 0 Å². The molecule has 0 aliphatic heterocycles. The van der Waals surface area contributed by atoms with Gasteiger partial charge < -0.3 is 4.74 Å². The van der Waals surface area contributed by atoms with Crippen molar-refractivity contribution < 1.29 is 4.74 Å². The minimum Gasteiger partial charge on any atom is -0.489 e. The lowest BCUT2D eigenvalue weighted by Crippen LogP contribution is -1.98. The molecule has 0 radical (unpaired) electrons. The first kappa shape index (κ1) is 11.1. The lowest BCUT2D eigenvalue weighted by atomic mass is 10.1. The maximum atomic E-state index is 5.54. The normalized spacial score (nSPS) is 11.6. The van der Waals surface area contributed by atoms with Crippen LogP contribution in [0.3, 0.4) is 0 Å². The van der Waals surface area contributed by atoms with Gasteiger partial charge in [-0.3, -0.25) is 0 Å². The lowest BCUT2D eigenvalue weighted by molar-refractivity contribution is 0.352. The Morgan fingerprint density at radius 2 is 2.07 bits per heavy atom. The van der Waals surface area contributed by atoms with Gasteiger partial charge in [0.25, 0.3) is 0 Å². The fraction of sp³-hybridized carbons (Fsp3) is 0.333. The van der Waals surface area contributed by atoms with Crippen LogP contribution in [0.1, 0.15) is 18.1 Å². The molecule has 0 aromatic heterocycles. The van der Waals surface area contributed by atoms with Gasteiger partial charge >= 0.3 is 0 Å². The molecule has 0 fully saturated rings. The van der Waals surface area contributed by atoms with Crippen LogP contribution >= 0.6 is 11.6 Å². The molecule has 0 N–H and O–H groups in total. The van der Waals surface area contributed by atoms with Crippen LogP contribution in [0, 0.1) is 13.8 Å². The van der Waals surface area contributed by atoms with Crippen LogP contribution in [-0.2, 0) is 0 Å². The molecule has 0 aliphatic rings. The molecule has 0 spiro atoms. The Morgan fingerprint density at radius 1 is 1.36 bits per heavy atom. The first-order chi connectivity index (χ1) is 6.63. The number of hydrogen-bond donors (Lipinski definition) is 0. The Hall–Kier alpha value is -0.950. The SMILES string of the molecule is C/C(=C/Cl)COc1ccc(C)c(C)c1. The largest absolute Gasteiger partial charge is 0.489 e. The molecule has 1 nitrogen and oxygen atoms in total. The molecular formula is C12H15ClO. The van der Waals surface area contributed by atoms with Crippen molar-refractivity contribution in [3.05, 3.63) is 40.4 Å². The second-order valence-corrected chi connectivity index (χ2v) is 3.71. The van der Waals surface area contributed by atoms with Gasteiger partial charge in [-0.1, -0.05) is 17.7 Å². The molecule has 0 amide bonds. The first-order valence-corrected chi connectivity index (χ1v) is 5.03. The van der Waals surface area contributed by atoms with Gasteiger partial charge in [0.1, 0.15) is 12.4 Å². The van der Waals surface area contributed by atoms with Crippen LogP contribution in [0.15, 0.2) is 29.3 Å². The van der Waals surface area contributed by atoms with E-state index in [1.54, 1.807) is 5.54 Å². The van der Waals surface area contributed by atoms with Crippen molar-refractivity contribution in [2.24, 2.45) is 0 Å². The summed E-state index contributed by atoms with van der Waals surface area (Å²) in [6.07, 6.45) is 0. The number of benzene rings is 1. The molecule has 0 saturated heterocycles. The van der Waals surface area contributed by atoms with Crippen molar-refractivity contribution in [2.45, 2.75) is 20.8 Å². The highest BCUT2D eigenvalue weighted by Gasteiger charge is 1.97. The van der Waals surface area contributed by atoms with Gasteiger partial charge in [-0.15, -0.1) is 0 Å². The van der Waals surface area contributed by atoms with Gasteiger partial charge in [-0.2, -0.15) is 0 Å². The van der Waals surface area contributed by atoms with E-state index in [1.807, 2.05) is 19.1 Å². The van der Waals surface area contributed by atoms with Crippen molar-refractivity contribution in [2.75, 3.05) is 6.61 Å². The molecule has 2 heteroatoms. The molecule has 0 saturated carbocycles. The molecule has 0 bridgehead atoms. The highest BCUT2D eigenvalue weighted by Crippen LogP contribution is 2.16. The zero-order chi connectivity index (χ0) is 10.6. The fourth-order valence-electron chi connectivity index (χ4n) is 1.03. The number of hydrogen-bond acceptors (Lipinski definition) is 1. The lowest BCUT2D eigenvalue weighted by Gasteiger charge is -2.07. The average molecular weight is 211 g/mol. The maximum absolute atomic E-state index is 5.54. The van der Waals surface area contributed by atoms with E-state index in [9.17, 15) is 0 Å². The molecule has 0 atom stereocenters. The second-order valence-electron chi connectivity index (χ2n) is 3.49. The number of halogens is 1. The quantitative estimate of drug-likeness (QED) is 0.737.